The molecule has 0 aliphatic carbocycles. The minimum Gasteiger partial charge on any atom is -0.462 e. The SMILES string of the molecule is CC/C=C\C/C=C\C/C=C\C/C=C\C/C=C\C/C=C\C/C=C\C/C=C\CCCCCCCCC(=O)OCC(COC(=O)CCCCCCC)OC(=O)CCCCCC/C=C\C/C=C\C/C=C\C/C=C\C/C=C\C/C=C\C/C=C\C/C=C\CC. The fourth-order valence-electron chi connectivity index (χ4n) is 8.24. The van der Waals surface area contributed by atoms with Gasteiger partial charge in [-0.25, -0.2) is 0 Å². The van der Waals surface area contributed by atoms with E-state index < -0.39 is 6.10 Å². The lowest BCUT2D eigenvalue weighted by molar-refractivity contribution is -0.167. The molecule has 462 valence electrons. The third-order valence-corrected chi connectivity index (χ3v) is 13.1. The molecule has 0 bridgehead atoms. The Kier molecular flexibility index (Phi) is 64.0. The number of hydrogen-bond donors (Lipinski definition) is 0. The summed E-state index contributed by atoms with van der Waals surface area (Å²) in [5.74, 6) is -0.968. The zero-order valence-electron chi connectivity index (χ0n) is 52.9. The average molecular weight is 1140 g/mol. The van der Waals surface area contributed by atoms with E-state index in [0.29, 0.717) is 12.8 Å². The van der Waals surface area contributed by atoms with Crippen LogP contribution in [0.3, 0.4) is 0 Å². The Balaban J connectivity index is 4.20. The summed E-state index contributed by atoms with van der Waals surface area (Å²) in [6.45, 7) is 6.27. The summed E-state index contributed by atoms with van der Waals surface area (Å²) in [5.41, 5.74) is 0. The molecule has 0 aromatic rings. The van der Waals surface area contributed by atoms with Crippen molar-refractivity contribution < 1.29 is 28.6 Å². The number of carbonyl (C=O) groups excluding carboxylic acids is 3. The van der Waals surface area contributed by atoms with E-state index in [1.807, 2.05) is 0 Å². The number of rotatable bonds is 57. The van der Waals surface area contributed by atoms with Crippen LogP contribution in [0.1, 0.15) is 252 Å². The third kappa shape index (κ3) is 66.9. The van der Waals surface area contributed by atoms with Crippen molar-refractivity contribution in [3.63, 3.8) is 0 Å². The molecule has 6 nitrogen and oxygen atoms in total. The Morgan fingerprint density at radius 1 is 0.253 bits per heavy atom. The van der Waals surface area contributed by atoms with Crippen molar-refractivity contribution in [1.82, 2.24) is 0 Å². The van der Waals surface area contributed by atoms with Gasteiger partial charge in [0.2, 0.25) is 0 Å². The summed E-state index contributed by atoms with van der Waals surface area (Å²) < 4.78 is 16.7. The second-order valence-corrected chi connectivity index (χ2v) is 20.9. The van der Waals surface area contributed by atoms with Crippen molar-refractivity contribution in [1.29, 1.82) is 0 Å². The first-order valence-corrected chi connectivity index (χ1v) is 32.9. The Bertz CT molecular complexity index is 1990. The minimum atomic E-state index is -0.807. The molecule has 0 saturated carbocycles. The predicted octanol–water partition coefficient (Wildman–Crippen LogP) is 23.0. The van der Waals surface area contributed by atoms with Crippen LogP contribution >= 0.6 is 0 Å². The van der Waals surface area contributed by atoms with Gasteiger partial charge in [0.1, 0.15) is 13.2 Å². The number of carbonyl (C=O) groups is 3. The average Bonchev–Trinajstić information content (AvgIpc) is 3.49. The first-order valence-electron chi connectivity index (χ1n) is 32.9. The van der Waals surface area contributed by atoms with Crippen LogP contribution in [0.15, 0.2) is 194 Å². The number of allylic oxidation sites excluding steroid dienone is 32. The molecule has 0 aromatic carbocycles. The summed E-state index contributed by atoms with van der Waals surface area (Å²) >= 11 is 0. The van der Waals surface area contributed by atoms with Gasteiger partial charge in [0.25, 0.3) is 0 Å². The molecular formula is C77H118O6. The molecule has 0 aromatic heterocycles. The zero-order valence-corrected chi connectivity index (χ0v) is 52.9. The summed E-state index contributed by atoms with van der Waals surface area (Å²) in [5, 5.41) is 0. The highest BCUT2D eigenvalue weighted by atomic mass is 16.6. The monoisotopic (exact) mass is 1140 g/mol. The van der Waals surface area contributed by atoms with E-state index in [9.17, 15) is 14.4 Å². The first-order chi connectivity index (χ1) is 41.0. The van der Waals surface area contributed by atoms with E-state index in [1.54, 1.807) is 0 Å². The van der Waals surface area contributed by atoms with E-state index in [2.05, 4.69) is 215 Å². The molecule has 6 heteroatoms. The van der Waals surface area contributed by atoms with Gasteiger partial charge in [0, 0.05) is 19.3 Å². The normalized spacial score (nSPS) is 13.4. The maximum absolute atomic E-state index is 12.8. The van der Waals surface area contributed by atoms with Crippen molar-refractivity contribution in [2.75, 3.05) is 13.2 Å². The molecular weight excluding hydrogens is 1020 g/mol. The maximum atomic E-state index is 12.8. The topological polar surface area (TPSA) is 78.9 Å². The molecule has 0 aliphatic heterocycles. The smallest absolute Gasteiger partial charge is 0.306 e. The fourth-order valence-corrected chi connectivity index (χ4v) is 8.24. The van der Waals surface area contributed by atoms with E-state index in [4.69, 9.17) is 14.2 Å². The maximum Gasteiger partial charge on any atom is 0.306 e. The lowest BCUT2D eigenvalue weighted by Crippen LogP contribution is -2.30. The standard InChI is InChI=1S/C77H118O6/c1-4-7-10-13-15-17-19-21-23-25-27-29-31-33-35-37-38-40-41-43-45-47-49-51-53-55-57-59-61-64-67-70-76(79)82-73-74(72-81-75(78)69-66-63-12-9-6-3)83-77(80)71-68-65-62-60-58-56-54-52-50-48-46-44-42-39-36-34-32-30-28-26-24-22-20-18-16-14-11-8-5-2/h7-8,10-11,15-18,21-24,27-30,33-36,38,40,42-45,48-51,54,56,74H,4-6,9,12-14,19-20,25-26,31-32,37,39,41,46-47,52-53,55,57-73H2,1-3H3/b10-7-,11-8-,17-15-,18-16-,23-21-,24-22-,29-27-,30-28-,35-33-,36-34-,40-38-,44-42-,45-43-,50-48-,51-49-,56-54-. The highest BCUT2D eigenvalue weighted by Crippen LogP contribution is 2.13. The van der Waals surface area contributed by atoms with E-state index in [1.165, 1.54) is 12.8 Å². The Morgan fingerprint density at radius 2 is 0.470 bits per heavy atom. The van der Waals surface area contributed by atoms with Crippen molar-refractivity contribution in [3.8, 4) is 0 Å². The Morgan fingerprint density at radius 3 is 0.735 bits per heavy atom. The van der Waals surface area contributed by atoms with E-state index >= 15 is 0 Å². The Hall–Kier alpha value is -5.75. The van der Waals surface area contributed by atoms with Crippen LogP contribution in [0.25, 0.3) is 0 Å². The number of esters is 3. The van der Waals surface area contributed by atoms with Crippen molar-refractivity contribution in [3.05, 3.63) is 194 Å². The summed E-state index contributed by atoms with van der Waals surface area (Å²) in [7, 11) is 0. The largest absolute Gasteiger partial charge is 0.462 e. The van der Waals surface area contributed by atoms with Gasteiger partial charge >= 0.3 is 17.9 Å². The molecule has 83 heavy (non-hydrogen) atoms. The molecule has 0 saturated heterocycles. The minimum absolute atomic E-state index is 0.103. The second kappa shape index (κ2) is 68.7. The molecule has 0 N–H and O–H groups in total. The van der Waals surface area contributed by atoms with Gasteiger partial charge in [-0.3, -0.25) is 14.4 Å². The van der Waals surface area contributed by atoms with Crippen LogP contribution in [-0.2, 0) is 28.6 Å². The zero-order chi connectivity index (χ0) is 59.9. The lowest BCUT2D eigenvalue weighted by Gasteiger charge is -2.18. The summed E-state index contributed by atoms with van der Waals surface area (Å²) in [6, 6.07) is 0. The summed E-state index contributed by atoms with van der Waals surface area (Å²) in [4.78, 5) is 38.0. The summed E-state index contributed by atoms with van der Waals surface area (Å²) in [6.07, 6.45) is 105. The predicted molar refractivity (Wildman–Crippen MR) is 361 cm³/mol. The van der Waals surface area contributed by atoms with Crippen molar-refractivity contribution in [2.24, 2.45) is 0 Å². The van der Waals surface area contributed by atoms with Crippen LogP contribution in [-0.4, -0.2) is 37.2 Å². The molecule has 1 unspecified atom stereocenters. The molecule has 1 atom stereocenters. The van der Waals surface area contributed by atoms with Gasteiger partial charge < -0.3 is 14.2 Å². The quantitative estimate of drug-likeness (QED) is 0.0261. The molecule has 0 aliphatic rings. The first kappa shape index (κ1) is 77.2. The van der Waals surface area contributed by atoms with Crippen LogP contribution < -0.4 is 0 Å². The second-order valence-electron chi connectivity index (χ2n) is 20.9. The number of unbranched alkanes of at least 4 members (excludes halogenated alkanes) is 14. The van der Waals surface area contributed by atoms with Gasteiger partial charge in [-0.05, 0) is 148 Å². The van der Waals surface area contributed by atoms with Crippen LogP contribution in [0.5, 0.6) is 0 Å². The molecule has 0 amide bonds. The molecule has 0 spiro atoms. The van der Waals surface area contributed by atoms with E-state index in [0.717, 1.165) is 199 Å². The van der Waals surface area contributed by atoms with Gasteiger partial charge in [-0.15, -0.1) is 0 Å². The highest BCUT2D eigenvalue weighted by molar-refractivity contribution is 5.71. The van der Waals surface area contributed by atoms with Gasteiger partial charge in [-0.2, -0.15) is 0 Å². The van der Waals surface area contributed by atoms with Gasteiger partial charge in [0.15, 0.2) is 6.10 Å². The number of hydrogen-bond acceptors (Lipinski definition) is 6. The van der Waals surface area contributed by atoms with Crippen LogP contribution in [0.4, 0.5) is 0 Å². The van der Waals surface area contributed by atoms with Crippen molar-refractivity contribution >= 4 is 17.9 Å². The van der Waals surface area contributed by atoms with Gasteiger partial charge in [0.05, 0.1) is 0 Å². The van der Waals surface area contributed by atoms with Crippen LogP contribution in [0.2, 0.25) is 0 Å². The van der Waals surface area contributed by atoms with Gasteiger partial charge in [-0.1, -0.05) is 279 Å². The fraction of sp³-hybridized carbons (Fsp3) is 0.545. The lowest BCUT2D eigenvalue weighted by atomic mass is 10.1. The molecule has 0 fully saturated rings. The molecule has 0 heterocycles. The van der Waals surface area contributed by atoms with E-state index in [-0.39, 0.29) is 37.5 Å². The number of ether oxygens (including phenoxy) is 3. The highest BCUT2D eigenvalue weighted by Gasteiger charge is 2.19. The van der Waals surface area contributed by atoms with Crippen molar-refractivity contribution in [2.45, 2.75) is 258 Å². The molecule has 0 radical (unpaired) electrons. The third-order valence-electron chi connectivity index (χ3n) is 13.1. The van der Waals surface area contributed by atoms with Crippen LogP contribution in [0, 0.1) is 0 Å². The molecule has 0 rings (SSSR count). The Labute approximate surface area is 509 Å².